The van der Waals surface area contributed by atoms with Crippen molar-refractivity contribution in [2.45, 2.75) is 20.3 Å². The van der Waals surface area contributed by atoms with Gasteiger partial charge in [0.05, 0.1) is 5.75 Å². The molecule has 0 aromatic rings. The van der Waals surface area contributed by atoms with Crippen LogP contribution < -0.4 is 0 Å². The Labute approximate surface area is 67.6 Å². The van der Waals surface area contributed by atoms with Crippen molar-refractivity contribution in [2.24, 2.45) is 5.92 Å². The van der Waals surface area contributed by atoms with Crippen LogP contribution in [-0.2, 0) is 10.1 Å². The zero-order chi connectivity index (χ0) is 8.91. The summed E-state index contributed by atoms with van der Waals surface area (Å²) < 4.78 is 29.0. The van der Waals surface area contributed by atoms with E-state index in [0.29, 0.717) is 6.42 Å². The van der Waals surface area contributed by atoms with E-state index in [1.165, 1.54) is 0 Å². The molecule has 0 aliphatic heterocycles. The molecule has 64 valence electrons. The van der Waals surface area contributed by atoms with E-state index in [1.54, 1.807) is 13.8 Å². The SMILES string of the molecule is CC#CCC(C)CS(=O)(=O)O. The van der Waals surface area contributed by atoms with Gasteiger partial charge in [-0.15, -0.1) is 11.8 Å². The molecule has 0 bridgehead atoms. The molecule has 0 aromatic heterocycles. The van der Waals surface area contributed by atoms with E-state index >= 15 is 0 Å². The second-order valence-corrected chi connectivity index (χ2v) is 3.98. The Morgan fingerprint density at radius 1 is 1.55 bits per heavy atom. The van der Waals surface area contributed by atoms with Crippen LogP contribution in [0.4, 0.5) is 0 Å². The second kappa shape index (κ2) is 4.37. The zero-order valence-corrected chi connectivity index (χ0v) is 7.48. The molecule has 0 aliphatic rings. The summed E-state index contributed by atoms with van der Waals surface area (Å²) in [7, 11) is -3.82. The quantitative estimate of drug-likeness (QED) is 0.514. The minimum Gasteiger partial charge on any atom is -0.286 e. The Bertz CT molecular complexity index is 255. The average Bonchev–Trinajstić information content (AvgIpc) is 1.79. The van der Waals surface area contributed by atoms with E-state index in [0.717, 1.165) is 0 Å². The topological polar surface area (TPSA) is 54.4 Å². The maximum Gasteiger partial charge on any atom is 0.265 e. The van der Waals surface area contributed by atoms with Crippen LogP contribution in [0.15, 0.2) is 0 Å². The van der Waals surface area contributed by atoms with Gasteiger partial charge in [-0.2, -0.15) is 8.42 Å². The smallest absolute Gasteiger partial charge is 0.265 e. The Morgan fingerprint density at radius 3 is 2.45 bits per heavy atom. The van der Waals surface area contributed by atoms with Crippen molar-refractivity contribution in [3.63, 3.8) is 0 Å². The van der Waals surface area contributed by atoms with E-state index in [-0.39, 0.29) is 11.7 Å². The largest absolute Gasteiger partial charge is 0.286 e. The van der Waals surface area contributed by atoms with Crippen molar-refractivity contribution in [3.05, 3.63) is 0 Å². The second-order valence-electron chi connectivity index (χ2n) is 2.48. The summed E-state index contributed by atoms with van der Waals surface area (Å²) in [4.78, 5) is 0. The zero-order valence-electron chi connectivity index (χ0n) is 6.66. The lowest BCUT2D eigenvalue weighted by Crippen LogP contribution is -2.11. The molecule has 0 heterocycles. The molecule has 0 rings (SSSR count). The molecule has 0 saturated heterocycles. The van der Waals surface area contributed by atoms with Gasteiger partial charge < -0.3 is 0 Å². The molecule has 0 fully saturated rings. The van der Waals surface area contributed by atoms with Crippen molar-refractivity contribution < 1.29 is 13.0 Å². The summed E-state index contributed by atoms with van der Waals surface area (Å²) in [5.41, 5.74) is 0. The Balaban J connectivity index is 3.86. The van der Waals surface area contributed by atoms with Gasteiger partial charge in [-0.25, -0.2) is 0 Å². The molecular formula is C7H12O3S. The molecule has 0 aromatic carbocycles. The van der Waals surface area contributed by atoms with Gasteiger partial charge in [0.1, 0.15) is 0 Å². The first-order chi connectivity index (χ1) is 4.95. The Morgan fingerprint density at radius 2 is 2.09 bits per heavy atom. The highest BCUT2D eigenvalue weighted by Crippen LogP contribution is 2.03. The van der Waals surface area contributed by atoms with Gasteiger partial charge in [-0.3, -0.25) is 4.55 Å². The third-order valence-corrected chi connectivity index (χ3v) is 2.11. The predicted molar refractivity (Wildman–Crippen MR) is 43.6 cm³/mol. The number of hydrogen-bond donors (Lipinski definition) is 1. The van der Waals surface area contributed by atoms with E-state index in [2.05, 4.69) is 11.8 Å². The van der Waals surface area contributed by atoms with Crippen LogP contribution >= 0.6 is 0 Å². The number of hydrogen-bond acceptors (Lipinski definition) is 2. The van der Waals surface area contributed by atoms with Crippen LogP contribution in [0, 0.1) is 17.8 Å². The van der Waals surface area contributed by atoms with Gasteiger partial charge in [-0.05, 0) is 12.8 Å². The first-order valence-electron chi connectivity index (χ1n) is 3.30. The lowest BCUT2D eigenvalue weighted by atomic mass is 10.1. The minimum absolute atomic E-state index is 0.0996. The van der Waals surface area contributed by atoms with Crippen molar-refractivity contribution >= 4 is 10.1 Å². The molecule has 3 nitrogen and oxygen atoms in total. The lowest BCUT2D eigenvalue weighted by molar-refractivity contribution is 0.470. The van der Waals surface area contributed by atoms with Gasteiger partial charge in [0.2, 0.25) is 0 Å². The van der Waals surface area contributed by atoms with E-state index < -0.39 is 10.1 Å². The van der Waals surface area contributed by atoms with E-state index in [9.17, 15) is 8.42 Å². The van der Waals surface area contributed by atoms with Crippen molar-refractivity contribution in [1.82, 2.24) is 0 Å². The predicted octanol–water partition coefficient (Wildman–Crippen LogP) is 0.924. The molecule has 0 saturated carbocycles. The van der Waals surface area contributed by atoms with E-state index in [1.807, 2.05) is 0 Å². The van der Waals surface area contributed by atoms with Crippen LogP contribution in [-0.4, -0.2) is 18.7 Å². The van der Waals surface area contributed by atoms with Crippen molar-refractivity contribution in [3.8, 4) is 11.8 Å². The first-order valence-corrected chi connectivity index (χ1v) is 4.91. The first kappa shape index (κ1) is 10.5. The molecule has 1 atom stereocenters. The van der Waals surface area contributed by atoms with Crippen LogP contribution in [0.25, 0.3) is 0 Å². The minimum atomic E-state index is -3.82. The molecule has 0 aliphatic carbocycles. The monoisotopic (exact) mass is 176 g/mol. The highest BCUT2D eigenvalue weighted by molar-refractivity contribution is 7.85. The average molecular weight is 176 g/mol. The normalized spacial score (nSPS) is 13.4. The van der Waals surface area contributed by atoms with Crippen molar-refractivity contribution in [2.75, 3.05) is 5.75 Å². The third kappa shape index (κ3) is 7.37. The molecule has 4 heteroatoms. The summed E-state index contributed by atoms with van der Waals surface area (Å²) in [6.45, 7) is 3.43. The third-order valence-electron chi connectivity index (χ3n) is 1.12. The van der Waals surface area contributed by atoms with Gasteiger partial charge >= 0.3 is 0 Å². The van der Waals surface area contributed by atoms with Gasteiger partial charge in [0.15, 0.2) is 0 Å². The maximum atomic E-state index is 10.3. The fraction of sp³-hybridized carbons (Fsp3) is 0.714. The molecule has 0 amide bonds. The fourth-order valence-corrected chi connectivity index (χ4v) is 1.53. The fourth-order valence-electron chi connectivity index (χ4n) is 0.695. The maximum absolute atomic E-state index is 10.3. The summed E-state index contributed by atoms with van der Waals surface area (Å²) in [5, 5.41) is 0. The molecule has 0 spiro atoms. The van der Waals surface area contributed by atoms with Gasteiger partial charge in [0.25, 0.3) is 10.1 Å². The Hall–Kier alpha value is -0.530. The standard InChI is InChI=1S/C7H12O3S/c1-3-4-5-7(2)6-11(8,9)10/h7H,5-6H2,1-2H3,(H,8,9,10). The van der Waals surface area contributed by atoms with Gasteiger partial charge in [0, 0.05) is 6.42 Å². The summed E-state index contributed by atoms with van der Waals surface area (Å²) in [6.07, 6.45) is 0.510. The summed E-state index contributed by atoms with van der Waals surface area (Å²) in [5.74, 6) is 5.10. The van der Waals surface area contributed by atoms with E-state index in [4.69, 9.17) is 4.55 Å². The molecule has 1 N–H and O–H groups in total. The summed E-state index contributed by atoms with van der Waals surface area (Å²) >= 11 is 0. The van der Waals surface area contributed by atoms with Crippen LogP contribution in [0.1, 0.15) is 20.3 Å². The lowest BCUT2D eigenvalue weighted by Gasteiger charge is -2.02. The molecular weight excluding hydrogens is 164 g/mol. The summed E-state index contributed by atoms with van der Waals surface area (Å²) in [6, 6.07) is 0. The van der Waals surface area contributed by atoms with Gasteiger partial charge in [-0.1, -0.05) is 6.92 Å². The van der Waals surface area contributed by atoms with Crippen LogP contribution in [0.2, 0.25) is 0 Å². The molecule has 1 unspecified atom stereocenters. The highest BCUT2D eigenvalue weighted by Gasteiger charge is 2.10. The molecule has 11 heavy (non-hydrogen) atoms. The Kier molecular flexibility index (Phi) is 4.16. The van der Waals surface area contributed by atoms with Crippen LogP contribution in [0.5, 0.6) is 0 Å². The number of rotatable bonds is 3. The van der Waals surface area contributed by atoms with Crippen LogP contribution in [0.3, 0.4) is 0 Å². The van der Waals surface area contributed by atoms with Crippen molar-refractivity contribution in [1.29, 1.82) is 0 Å². The highest BCUT2D eigenvalue weighted by atomic mass is 32.2. The molecule has 0 radical (unpaired) electrons.